The molecular formula is C23H23N3O5S. The van der Waals surface area contributed by atoms with Gasteiger partial charge in [-0.15, -0.1) is 0 Å². The Kier molecular flexibility index (Phi) is 6.65. The van der Waals surface area contributed by atoms with Crippen LogP contribution in [-0.4, -0.2) is 35.5 Å². The zero-order valence-electron chi connectivity index (χ0n) is 18.0. The second-order valence-corrected chi connectivity index (χ2v) is 9.96. The maximum absolute atomic E-state index is 12.1. The third kappa shape index (κ3) is 5.95. The van der Waals surface area contributed by atoms with Crippen LogP contribution in [0.4, 0.5) is 4.79 Å². The third-order valence-electron chi connectivity index (χ3n) is 4.26. The predicted molar refractivity (Wildman–Crippen MR) is 119 cm³/mol. The van der Waals surface area contributed by atoms with Crippen molar-refractivity contribution < 1.29 is 22.7 Å². The van der Waals surface area contributed by atoms with Crippen LogP contribution >= 0.6 is 0 Å². The van der Waals surface area contributed by atoms with Crippen LogP contribution in [0.5, 0.6) is 5.75 Å². The van der Waals surface area contributed by atoms with Crippen LogP contribution in [0.3, 0.4) is 0 Å². The molecule has 0 unspecified atom stereocenters. The molecule has 0 saturated heterocycles. The number of hydrogen-bond acceptors (Lipinski definition) is 6. The molecule has 9 heteroatoms. The van der Waals surface area contributed by atoms with Gasteiger partial charge in [0.15, 0.2) is 0 Å². The molecule has 0 radical (unpaired) electrons. The van der Waals surface area contributed by atoms with Gasteiger partial charge in [0.2, 0.25) is 0 Å². The van der Waals surface area contributed by atoms with Crippen molar-refractivity contribution in [1.29, 1.82) is 0 Å². The zero-order chi connectivity index (χ0) is 23.4. The molecular weight excluding hydrogens is 430 g/mol. The second-order valence-electron chi connectivity index (χ2n) is 8.01. The Morgan fingerprint density at radius 1 is 1.09 bits per heavy atom. The molecule has 0 amide bonds. The van der Waals surface area contributed by atoms with E-state index in [1.54, 1.807) is 51.2 Å². The number of imidazole rings is 1. The smallest absolute Gasteiger partial charge is 0.419 e. The highest BCUT2D eigenvalue weighted by molar-refractivity contribution is 7.91. The number of nitrogens with zero attached hydrogens (tertiary/aromatic N) is 3. The van der Waals surface area contributed by atoms with Crippen LogP contribution < -0.4 is 4.74 Å². The van der Waals surface area contributed by atoms with Gasteiger partial charge in [-0.25, -0.2) is 29.3 Å². The molecule has 0 saturated carbocycles. The lowest BCUT2D eigenvalue weighted by molar-refractivity contribution is 0.0536. The Morgan fingerprint density at radius 3 is 2.34 bits per heavy atom. The summed E-state index contributed by atoms with van der Waals surface area (Å²) in [5.41, 5.74) is 1.65. The lowest BCUT2D eigenvalue weighted by Gasteiger charge is -2.19. The van der Waals surface area contributed by atoms with E-state index >= 15 is 0 Å². The molecule has 2 aromatic carbocycles. The maximum atomic E-state index is 12.1. The molecule has 3 aromatic rings. The molecule has 0 aliphatic rings. The molecule has 3 rings (SSSR count). The van der Waals surface area contributed by atoms with Crippen LogP contribution in [0.25, 0.3) is 16.1 Å². The molecule has 8 nitrogen and oxygen atoms in total. The maximum Gasteiger partial charge on any atom is 0.419 e. The molecule has 0 bridgehead atoms. The Balaban J connectivity index is 1.61. The summed E-state index contributed by atoms with van der Waals surface area (Å²) in [7, 11) is -3.57. The summed E-state index contributed by atoms with van der Waals surface area (Å²) >= 11 is 0. The first-order valence-corrected chi connectivity index (χ1v) is 11.4. The van der Waals surface area contributed by atoms with E-state index in [0.29, 0.717) is 11.4 Å². The van der Waals surface area contributed by atoms with Crippen molar-refractivity contribution in [3.05, 3.63) is 78.0 Å². The largest absolute Gasteiger partial charge is 0.489 e. The highest BCUT2D eigenvalue weighted by Gasteiger charge is 2.18. The van der Waals surface area contributed by atoms with Crippen LogP contribution in [-0.2, 0) is 21.2 Å². The highest BCUT2D eigenvalue weighted by atomic mass is 32.2. The Labute approximate surface area is 187 Å². The fourth-order valence-corrected chi connectivity index (χ4v) is 3.60. The van der Waals surface area contributed by atoms with E-state index in [0.717, 1.165) is 11.1 Å². The SMILES string of the molecule is [C-]#[N+]CS(=O)(=O)c1ccc(COc2ccc(-c3cn(C(=O)OC(C)(C)C)cn3)cc2)cc1. The average Bonchev–Trinajstić information content (AvgIpc) is 3.22. The minimum absolute atomic E-state index is 0.118. The average molecular weight is 454 g/mol. The summed E-state index contributed by atoms with van der Waals surface area (Å²) < 4.78 is 36.2. The molecule has 0 fully saturated rings. The minimum atomic E-state index is -3.57. The molecule has 0 aliphatic heterocycles. The number of carbonyl (C=O) groups is 1. The van der Waals surface area contributed by atoms with E-state index in [4.69, 9.17) is 16.0 Å². The number of carbonyl (C=O) groups excluding carboxylic acids is 1. The Hall–Kier alpha value is -3.64. The molecule has 1 aromatic heterocycles. The third-order valence-corrected chi connectivity index (χ3v) is 5.72. The van der Waals surface area contributed by atoms with Crippen LogP contribution in [0, 0.1) is 6.57 Å². The number of sulfone groups is 1. The van der Waals surface area contributed by atoms with Crippen molar-refractivity contribution in [2.75, 3.05) is 5.88 Å². The standard InChI is InChI=1S/C23H23N3O5S/c1-23(2,3)31-22(27)26-13-21(25-15-26)18-7-9-19(10-8-18)30-14-17-5-11-20(12-6-17)32(28,29)16-24-4/h5-13,15H,14,16H2,1-3H3. The predicted octanol–water partition coefficient (Wildman–Crippen LogP) is 4.56. The fourth-order valence-electron chi connectivity index (χ4n) is 2.73. The van der Waals surface area contributed by atoms with Gasteiger partial charge in [-0.3, -0.25) is 4.85 Å². The van der Waals surface area contributed by atoms with Gasteiger partial charge in [0.1, 0.15) is 24.3 Å². The van der Waals surface area contributed by atoms with Crippen molar-refractivity contribution in [2.24, 2.45) is 0 Å². The minimum Gasteiger partial charge on any atom is -0.489 e. The molecule has 0 spiro atoms. The zero-order valence-corrected chi connectivity index (χ0v) is 18.8. The molecule has 0 N–H and O–H groups in total. The Morgan fingerprint density at radius 2 is 1.75 bits per heavy atom. The second kappa shape index (κ2) is 9.24. The van der Waals surface area contributed by atoms with Gasteiger partial charge < -0.3 is 9.47 Å². The normalized spacial score (nSPS) is 11.6. The van der Waals surface area contributed by atoms with E-state index in [2.05, 4.69) is 9.83 Å². The van der Waals surface area contributed by atoms with E-state index in [-0.39, 0.29) is 11.5 Å². The van der Waals surface area contributed by atoms with Crippen molar-refractivity contribution in [3.8, 4) is 17.0 Å². The van der Waals surface area contributed by atoms with Crippen LogP contribution in [0.2, 0.25) is 0 Å². The summed E-state index contributed by atoms with van der Waals surface area (Å²) in [6.45, 7) is 12.4. The van der Waals surface area contributed by atoms with E-state index in [9.17, 15) is 13.2 Å². The summed E-state index contributed by atoms with van der Waals surface area (Å²) in [4.78, 5) is 19.4. The first-order valence-electron chi connectivity index (χ1n) is 9.73. The molecule has 0 atom stereocenters. The van der Waals surface area contributed by atoms with Gasteiger partial charge in [0, 0.05) is 11.8 Å². The van der Waals surface area contributed by atoms with Crippen LogP contribution in [0.15, 0.2) is 66.0 Å². The number of hydrogen-bond donors (Lipinski definition) is 0. The van der Waals surface area contributed by atoms with Gasteiger partial charge in [-0.2, -0.15) is 0 Å². The van der Waals surface area contributed by atoms with Gasteiger partial charge >= 0.3 is 12.0 Å². The van der Waals surface area contributed by atoms with Crippen molar-refractivity contribution in [2.45, 2.75) is 37.9 Å². The number of rotatable bonds is 6. The first kappa shape index (κ1) is 23.0. The van der Waals surface area contributed by atoms with E-state index in [1.807, 2.05) is 12.1 Å². The number of ether oxygens (including phenoxy) is 2. The van der Waals surface area contributed by atoms with Gasteiger partial charge in [-0.05, 0) is 62.7 Å². The molecule has 1 heterocycles. The quantitative estimate of drug-likeness (QED) is 0.508. The summed E-state index contributed by atoms with van der Waals surface area (Å²) in [5, 5.41) is 0. The van der Waals surface area contributed by atoms with Gasteiger partial charge in [-0.1, -0.05) is 12.1 Å². The molecule has 32 heavy (non-hydrogen) atoms. The lowest BCUT2D eigenvalue weighted by atomic mass is 10.1. The summed E-state index contributed by atoms with van der Waals surface area (Å²) in [6.07, 6.45) is 2.52. The van der Waals surface area contributed by atoms with Crippen molar-refractivity contribution in [3.63, 3.8) is 0 Å². The topological polar surface area (TPSA) is 91.9 Å². The Bertz CT molecular complexity index is 1230. The van der Waals surface area contributed by atoms with Crippen LogP contribution in [0.1, 0.15) is 26.3 Å². The van der Waals surface area contributed by atoms with E-state index < -0.39 is 27.4 Å². The fraction of sp³-hybridized carbons (Fsp3) is 0.261. The molecule has 0 aliphatic carbocycles. The number of aromatic nitrogens is 2. The molecule has 166 valence electrons. The van der Waals surface area contributed by atoms with Crippen molar-refractivity contribution >= 4 is 15.9 Å². The highest BCUT2D eigenvalue weighted by Crippen LogP contribution is 2.22. The van der Waals surface area contributed by atoms with Crippen molar-refractivity contribution in [1.82, 2.24) is 9.55 Å². The lowest BCUT2D eigenvalue weighted by Crippen LogP contribution is -2.26. The van der Waals surface area contributed by atoms with Gasteiger partial charge in [0.25, 0.3) is 9.84 Å². The van der Waals surface area contributed by atoms with E-state index in [1.165, 1.54) is 23.0 Å². The summed E-state index contributed by atoms with van der Waals surface area (Å²) in [6, 6.07) is 13.5. The first-order chi connectivity index (χ1) is 15.1. The summed E-state index contributed by atoms with van der Waals surface area (Å²) in [5.74, 6) is 0.0654. The van der Waals surface area contributed by atoms with Gasteiger partial charge in [0.05, 0.1) is 10.6 Å². The monoisotopic (exact) mass is 453 g/mol. The number of benzene rings is 2.